The Hall–Kier alpha value is -1.19. The standard InChI is InChI=1S/C13H17NO2/c15-12-6-7-14-9-11(12)8-13(16)10-4-2-1-3-5-10/h1-5,11,13-14,16H,6-9H2. The Kier molecular flexibility index (Phi) is 3.70. The lowest BCUT2D eigenvalue weighted by atomic mass is 9.90. The summed E-state index contributed by atoms with van der Waals surface area (Å²) in [7, 11) is 0. The van der Waals surface area contributed by atoms with Gasteiger partial charge in [0.1, 0.15) is 5.78 Å². The van der Waals surface area contributed by atoms with Gasteiger partial charge in [-0.25, -0.2) is 0 Å². The molecule has 1 aliphatic rings. The first-order valence-electron chi connectivity index (χ1n) is 5.74. The predicted octanol–water partition coefficient (Wildman–Crippen LogP) is 1.29. The Morgan fingerprint density at radius 2 is 2.12 bits per heavy atom. The highest BCUT2D eigenvalue weighted by atomic mass is 16.3. The molecule has 1 aliphatic heterocycles. The highest BCUT2D eigenvalue weighted by Crippen LogP contribution is 2.23. The zero-order valence-corrected chi connectivity index (χ0v) is 9.23. The molecule has 0 radical (unpaired) electrons. The number of hydrogen-bond acceptors (Lipinski definition) is 3. The van der Waals surface area contributed by atoms with Crippen molar-refractivity contribution in [1.82, 2.24) is 5.32 Å². The number of ketones is 1. The van der Waals surface area contributed by atoms with E-state index in [1.165, 1.54) is 0 Å². The molecule has 2 unspecified atom stereocenters. The van der Waals surface area contributed by atoms with Crippen molar-refractivity contribution in [2.24, 2.45) is 5.92 Å². The summed E-state index contributed by atoms with van der Waals surface area (Å²) in [5, 5.41) is 13.2. The van der Waals surface area contributed by atoms with Gasteiger partial charge in [0.05, 0.1) is 6.10 Å². The van der Waals surface area contributed by atoms with Crippen LogP contribution in [0.4, 0.5) is 0 Å². The SMILES string of the molecule is O=C1CCNCC1CC(O)c1ccccc1. The predicted molar refractivity (Wildman–Crippen MR) is 62.0 cm³/mol. The van der Waals surface area contributed by atoms with Gasteiger partial charge in [0.25, 0.3) is 0 Å². The van der Waals surface area contributed by atoms with Crippen LogP contribution in [0.5, 0.6) is 0 Å². The molecule has 0 aliphatic carbocycles. The van der Waals surface area contributed by atoms with Crippen LogP contribution in [0, 0.1) is 5.92 Å². The number of piperidine rings is 1. The summed E-state index contributed by atoms with van der Waals surface area (Å²) in [4.78, 5) is 11.6. The Morgan fingerprint density at radius 1 is 1.38 bits per heavy atom. The first kappa shape index (κ1) is 11.3. The topological polar surface area (TPSA) is 49.3 Å². The molecule has 0 bridgehead atoms. The summed E-state index contributed by atoms with van der Waals surface area (Å²) in [6, 6.07) is 9.51. The number of benzene rings is 1. The zero-order chi connectivity index (χ0) is 11.4. The normalized spacial score (nSPS) is 23.1. The average Bonchev–Trinajstić information content (AvgIpc) is 2.33. The lowest BCUT2D eigenvalue weighted by Gasteiger charge is -2.23. The Morgan fingerprint density at radius 3 is 2.81 bits per heavy atom. The van der Waals surface area contributed by atoms with Crippen molar-refractivity contribution in [3.63, 3.8) is 0 Å². The molecule has 2 atom stereocenters. The molecule has 86 valence electrons. The fourth-order valence-electron chi connectivity index (χ4n) is 2.10. The third-order valence-corrected chi connectivity index (χ3v) is 3.09. The zero-order valence-electron chi connectivity index (χ0n) is 9.23. The number of aliphatic hydroxyl groups excluding tert-OH is 1. The van der Waals surface area contributed by atoms with Crippen LogP contribution < -0.4 is 5.32 Å². The lowest BCUT2D eigenvalue weighted by Crippen LogP contribution is -2.37. The van der Waals surface area contributed by atoms with E-state index in [-0.39, 0.29) is 11.7 Å². The van der Waals surface area contributed by atoms with Crippen molar-refractivity contribution >= 4 is 5.78 Å². The van der Waals surface area contributed by atoms with E-state index >= 15 is 0 Å². The molecule has 1 heterocycles. The van der Waals surface area contributed by atoms with Crippen LogP contribution in [0.15, 0.2) is 30.3 Å². The summed E-state index contributed by atoms with van der Waals surface area (Å²) in [6.07, 6.45) is 0.581. The molecule has 1 fully saturated rings. The first-order valence-corrected chi connectivity index (χ1v) is 5.74. The second-order valence-electron chi connectivity index (χ2n) is 4.28. The number of hydrogen-bond donors (Lipinski definition) is 2. The molecule has 1 aromatic rings. The van der Waals surface area contributed by atoms with Crippen LogP contribution in [0.1, 0.15) is 24.5 Å². The van der Waals surface area contributed by atoms with Gasteiger partial charge in [0.15, 0.2) is 0 Å². The van der Waals surface area contributed by atoms with E-state index in [2.05, 4.69) is 5.32 Å². The number of Topliss-reactive ketones (excluding diaryl/α,β-unsaturated/α-hetero) is 1. The Bertz CT molecular complexity index is 350. The second kappa shape index (κ2) is 5.23. The highest BCUT2D eigenvalue weighted by Gasteiger charge is 2.24. The van der Waals surface area contributed by atoms with Crippen molar-refractivity contribution < 1.29 is 9.90 Å². The van der Waals surface area contributed by atoms with E-state index in [0.717, 1.165) is 12.1 Å². The molecular formula is C13H17NO2. The molecule has 2 N–H and O–H groups in total. The van der Waals surface area contributed by atoms with Gasteiger partial charge in [-0.05, 0) is 12.0 Å². The van der Waals surface area contributed by atoms with Gasteiger partial charge in [0.2, 0.25) is 0 Å². The average molecular weight is 219 g/mol. The molecule has 0 aromatic heterocycles. The van der Waals surface area contributed by atoms with Crippen LogP contribution in [-0.2, 0) is 4.79 Å². The molecule has 0 spiro atoms. The second-order valence-corrected chi connectivity index (χ2v) is 4.28. The van der Waals surface area contributed by atoms with Crippen LogP contribution in [-0.4, -0.2) is 24.0 Å². The fourth-order valence-corrected chi connectivity index (χ4v) is 2.10. The quantitative estimate of drug-likeness (QED) is 0.805. The maximum Gasteiger partial charge on any atom is 0.138 e. The largest absolute Gasteiger partial charge is 0.388 e. The van der Waals surface area contributed by atoms with Crippen molar-refractivity contribution in [2.75, 3.05) is 13.1 Å². The van der Waals surface area contributed by atoms with Gasteiger partial charge in [0, 0.05) is 25.4 Å². The highest BCUT2D eigenvalue weighted by molar-refractivity contribution is 5.82. The Labute approximate surface area is 95.5 Å². The minimum Gasteiger partial charge on any atom is -0.388 e. The fraction of sp³-hybridized carbons (Fsp3) is 0.462. The summed E-state index contributed by atoms with van der Waals surface area (Å²) >= 11 is 0. The number of carbonyl (C=O) groups is 1. The first-order chi connectivity index (χ1) is 7.77. The number of aliphatic hydroxyl groups is 1. The summed E-state index contributed by atoms with van der Waals surface area (Å²) in [5.41, 5.74) is 0.890. The smallest absolute Gasteiger partial charge is 0.138 e. The van der Waals surface area contributed by atoms with Gasteiger partial charge in [-0.3, -0.25) is 4.79 Å². The van der Waals surface area contributed by atoms with E-state index < -0.39 is 6.10 Å². The van der Waals surface area contributed by atoms with E-state index in [1.54, 1.807) is 0 Å². The summed E-state index contributed by atoms with van der Waals surface area (Å²) in [6.45, 7) is 1.47. The van der Waals surface area contributed by atoms with Crippen LogP contribution in [0.3, 0.4) is 0 Å². The lowest BCUT2D eigenvalue weighted by molar-refractivity contribution is -0.124. The number of nitrogens with one attached hydrogen (secondary N) is 1. The molecule has 0 saturated carbocycles. The van der Waals surface area contributed by atoms with Gasteiger partial charge >= 0.3 is 0 Å². The van der Waals surface area contributed by atoms with Crippen molar-refractivity contribution in [2.45, 2.75) is 18.9 Å². The summed E-state index contributed by atoms with van der Waals surface area (Å²) in [5.74, 6) is 0.234. The van der Waals surface area contributed by atoms with E-state index in [1.807, 2.05) is 30.3 Å². The van der Waals surface area contributed by atoms with Crippen LogP contribution >= 0.6 is 0 Å². The molecule has 3 nitrogen and oxygen atoms in total. The van der Waals surface area contributed by atoms with Gasteiger partial charge in [-0.15, -0.1) is 0 Å². The molecule has 1 aromatic carbocycles. The molecule has 16 heavy (non-hydrogen) atoms. The third-order valence-electron chi connectivity index (χ3n) is 3.09. The molecule has 3 heteroatoms. The minimum absolute atomic E-state index is 0.0380. The molecule has 1 saturated heterocycles. The minimum atomic E-state index is -0.532. The van der Waals surface area contributed by atoms with Crippen LogP contribution in [0.25, 0.3) is 0 Å². The summed E-state index contributed by atoms with van der Waals surface area (Å²) < 4.78 is 0. The Balaban J connectivity index is 1.96. The number of carbonyl (C=O) groups excluding carboxylic acids is 1. The number of rotatable bonds is 3. The molecule has 2 rings (SSSR count). The van der Waals surface area contributed by atoms with Gasteiger partial charge in [-0.2, -0.15) is 0 Å². The molecule has 0 amide bonds. The van der Waals surface area contributed by atoms with Crippen molar-refractivity contribution in [1.29, 1.82) is 0 Å². The van der Waals surface area contributed by atoms with E-state index in [4.69, 9.17) is 0 Å². The van der Waals surface area contributed by atoms with Crippen molar-refractivity contribution in [3.8, 4) is 0 Å². The van der Waals surface area contributed by atoms with Gasteiger partial charge in [-0.1, -0.05) is 30.3 Å². The third kappa shape index (κ3) is 2.68. The monoisotopic (exact) mass is 219 g/mol. The maximum atomic E-state index is 11.6. The van der Waals surface area contributed by atoms with E-state index in [0.29, 0.717) is 19.4 Å². The van der Waals surface area contributed by atoms with Gasteiger partial charge < -0.3 is 10.4 Å². The van der Waals surface area contributed by atoms with Crippen molar-refractivity contribution in [3.05, 3.63) is 35.9 Å². The van der Waals surface area contributed by atoms with Crippen LogP contribution in [0.2, 0.25) is 0 Å². The van der Waals surface area contributed by atoms with E-state index in [9.17, 15) is 9.90 Å². The maximum absolute atomic E-state index is 11.6. The molecular weight excluding hydrogens is 202 g/mol.